The third kappa shape index (κ3) is 4.13. The maximum Gasteiger partial charge on any atom is 0.244 e. The predicted octanol–water partition coefficient (Wildman–Crippen LogP) is 2.79. The molecule has 1 saturated heterocycles. The SMILES string of the molecule is CCC(C)NC(=O)C1CSCN1S(=O)(=O)c1ccc(C(C)C)cc1. The lowest BCUT2D eigenvalue weighted by molar-refractivity contribution is -0.124. The lowest BCUT2D eigenvalue weighted by Gasteiger charge is -2.24. The van der Waals surface area contributed by atoms with Gasteiger partial charge in [0.1, 0.15) is 6.04 Å². The summed E-state index contributed by atoms with van der Waals surface area (Å²) in [6.45, 7) is 8.04. The van der Waals surface area contributed by atoms with Crippen LogP contribution < -0.4 is 5.32 Å². The lowest BCUT2D eigenvalue weighted by Crippen LogP contribution is -2.49. The van der Waals surface area contributed by atoms with E-state index in [1.54, 1.807) is 12.1 Å². The number of amides is 1. The first-order chi connectivity index (χ1) is 11.3. The summed E-state index contributed by atoms with van der Waals surface area (Å²) >= 11 is 1.47. The predicted molar refractivity (Wildman–Crippen MR) is 98.6 cm³/mol. The van der Waals surface area contributed by atoms with Crippen LogP contribution in [0, 0.1) is 0 Å². The minimum Gasteiger partial charge on any atom is -0.352 e. The molecule has 1 heterocycles. The Balaban J connectivity index is 2.22. The zero-order chi connectivity index (χ0) is 17.9. The number of hydrogen-bond acceptors (Lipinski definition) is 4. The largest absolute Gasteiger partial charge is 0.352 e. The van der Waals surface area contributed by atoms with Crippen molar-refractivity contribution >= 4 is 27.7 Å². The van der Waals surface area contributed by atoms with Gasteiger partial charge in [-0.05, 0) is 37.0 Å². The maximum absolute atomic E-state index is 12.9. The quantitative estimate of drug-likeness (QED) is 0.836. The Morgan fingerprint density at radius 3 is 2.46 bits per heavy atom. The zero-order valence-electron chi connectivity index (χ0n) is 14.7. The molecular weight excluding hydrogens is 344 g/mol. The van der Waals surface area contributed by atoms with Crippen molar-refractivity contribution in [3.05, 3.63) is 29.8 Å². The molecule has 1 N–H and O–H groups in total. The van der Waals surface area contributed by atoms with Gasteiger partial charge in [0.05, 0.1) is 10.8 Å². The Bertz CT molecular complexity index is 672. The summed E-state index contributed by atoms with van der Waals surface area (Å²) < 4.78 is 27.2. The van der Waals surface area contributed by atoms with Crippen molar-refractivity contribution in [2.24, 2.45) is 0 Å². The van der Waals surface area contributed by atoms with Gasteiger partial charge in [0.25, 0.3) is 0 Å². The summed E-state index contributed by atoms with van der Waals surface area (Å²) in [6.07, 6.45) is 0.815. The molecule has 0 bridgehead atoms. The number of thioether (sulfide) groups is 1. The summed E-state index contributed by atoms with van der Waals surface area (Å²) in [6, 6.07) is 6.36. The molecule has 0 radical (unpaired) electrons. The number of hydrogen-bond donors (Lipinski definition) is 1. The normalized spacial score (nSPS) is 20.3. The standard InChI is InChI=1S/C17H26N2O3S2/c1-5-13(4)18-17(20)16-10-23-11-19(16)24(21,22)15-8-6-14(7-9-15)12(2)3/h6-9,12-13,16H,5,10-11H2,1-4H3,(H,18,20). The van der Waals surface area contributed by atoms with E-state index in [4.69, 9.17) is 0 Å². The van der Waals surface area contributed by atoms with Crippen LogP contribution in [0.4, 0.5) is 0 Å². The molecule has 134 valence electrons. The first-order valence-corrected chi connectivity index (χ1v) is 10.9. The van der Waals surface area contributed by atoms with Gasteiger partial charge in [0, 0.05) is 11.8 Å². The van der Waals surface area contributed by atoms with Crippen LogP contribution >= 0.6 is 11.8 Å². The summed E-state index contributed by atoms with van der Waals surface area (Å²) in [4.78, 5) is 12.7. The number of nitrogens with zero attached hydrogens (tertiary/aromatic N) is 1. The van der Waals surface area contributed by atoms with Crippen LogP contribution in [0.1, 0.15) is 45.6 Å². The smallest absolute Gasteiger partial charge is 0.244 e. The maximum atomic E-state index is 12.9. The van der Waals surface area contributed by atoms with Crippen molar-refractivity contribution in [2.45, 2.75) is 57.0 Å². The second-order valence-corrected chi connectivity index (χ2v) is 9.34. The van der Waals surface area contributed by atoms with Crippen LogP contribution in [-0.2, 0) is 14.8 Å². The van der Waals surface area contributed by atoms with Crippen molar-refractivity contribution < 1.29 is 13.2 Å². The molecule has 0 saturated carbocycles. The van der Waals surface area contributed by atoms with E-state index < -0.39 is 16.1 Å². The summed E-state index contributed by atoms with van der Waals surface area (Å²) in [5, 5.41) is 2.89. The Kier molecular flexibility index (Phi) is 6.33. The van der Waals surface area contributed by atoms with E-state index in [-0.39, 0.29) is 16.8 Å². The van der Waals surface area contributed by atoms with Gasteiger partial charge in [0.15, 0.2) is 0 Å². The Hall–Kier alpha value is -1.05. The minimum atomic E-state index is -3.67. The second-order valence-electron chi connectivity index (χ2n) is 6.45. The van der Waals surface area contributed by atoms with Crippen molar-refractivity contribution in [2.75, 3.05) is 11.6 Å². The van der Waals surface area contributed by atoms with Crippen molar-refractivity contribution in [3.8, 4) is 0 Å². The Morgan fingerprint density at radius 2 is 1.92 bits per heavy atom. The summed E-state index contributed by atoms with van der Waals surface area (Å²) in [5.41, 5.74) is 1.09. The van der Waals surface area contributed by atoms with Gasteiger partial charge in [0.2, 0.25) is 15.9 Å². The van der Waals surface area contributed by atoms with Crippen molar-refractivity contribution in [1.82, 2.24) is 9.62 Å². The molecule has 1 amide bonds. The summed E-state index contributed by atoms with van der Waals surface area (Å²) in [7, 11) is -3.67. The summed E-state index contributed by atoms with van der Waals surface area (Å²) in [5.74, 6) is 0.938. The average molecular weight is 371 g/mol. The molecule has 1 aromatic carbocycles. The number of sulfonamides is 1. The minimum absolute atomic E-state index is 0.0398. The molecule has 0 aliphatic carbocycles. The molecule has 5 nitrogen and oxygen atoms in total. The molecule has 1 aliphatic heterocycles. The van der Waals surface area contributed by atoms with Crippen LogP contribution in [0.3, 0.4) is 0 Å². The highest BCUT2D eigenvalue weighted by molar-refractivity contribution is 8.00. The first kappa shape index (κ1) is 19.3. The molecule has 24 heavy (non-hydrogen) atoms. The third-order valence-corrected chi connectivity index (χ3v) is 7.34. The van der Waals surface area contributed by atoms with Gasteiger partial charge < -0.3 is 5.32 Å². The molecule has 2 unspecified atom stereocenters. The van der Waals surface area contributed by atoms with Crippen molar-refractivity contribution in [3.63, 3.8) is 0 Å². The van der Waals surface area contributed by atoms with Gasteiger partial charge in [-0.3, -0.25) is 4.79 Å². The number of benzene rings is 1. The first-order valence-electron chi connectivity index (χ1n) is 8.27. The van der Waals surface area contributed by atoms with Gasteiger partial charge in [-0.25, -0.2) is 8.42 Å². The second kappa shape index (κ2) is 7.89. The molecule has 0 spiro atoms. The number of carbonyl (C=O) groups is 1. The Morgan fingerprint density at radius 1 is 1.29 bits per heavy atom. The van der Waals surface area contributed by atoms with Gasteiger partial charge >= 0.3 is 0 Å². The molecule has 1 aliphatic rings. The van der Waals surface area contributed by atoms with E-state index in [0.29, 0.717) is 17.5 Å². The highest BCUT2D eigenvalue weighted by atomic mass is 32.2. The molecular formula is C17H26N2O3S2. The van der Waals surface area contributed by atoms with Crippen molar-refractivity contribution in [1.29, 1.82) is 0 Å². The van der Waals surface area contributed by atoms with Crippen LogP contribution in [0.5, 0.6) is 0 Å². The van der Waals surface area contributed by atoms with E-state index in [1.165, 1.54) is 16.1 Å². The van der Waals surface area contributed by atoms with Crippen LogP contribution in [0.25, 0.3) is 0 Å². The van der Waals surface area contributed by atoms with E-state index in [2.05, 4.69) is 19.2 Å². The van der Waals surface area contributed by atoms with E-state index in [9.17, 15) is 13.2 Å². The van der Waals surface area contributed by atoms with Crippen LogP contribution in [0.15, 0.2) is 29.2 Å². The molecule has 0 aromatic heterocycles. The molecule has 1 aromatic rings. The fourth-order valence-corrected chi connectivity index (χ4v) is 5.62. The zero-order valence-corrected chi connectivity index (χ0v) is 16.3. The highest BCUT2D eigenvalue weighted by Crippen LogP contribution is 2.29. The van der Waals surface area contributed by atoms with E-state index in [1.807, 2.05) is 26.0 Å². The monoisotopic (exact) mass is 370 g/mol. The van der Waals surface area contributed by atoms with Gasteiger partial charge in [-0.1, -0.05) is 32.9 Å². The topological polar surface area (TPSA) is 66.5 Å². The Labute approximate surface area is 149 Å². The number of nitrogens with one attached hydrogen (secondary N) is 1. The number of rotatable bonds is 6. The van der Waals surface area contributed by atoms with Crippen LogP contribution in [0.2, 0.25) is 0 Å². The average Bonchev–Trinajstić information content (AvgIpc) is 3.05. The van der Waals surface area contributed by atoms with Gasteiger partial charge in [-0.2, -0.15) is 4.31 Å². The molecule has 1 fully saturated rings. The lowest BCUT2D eigenvalue weighted by atomic mass is 10.0. The molecule has 7 heteroatoms. The van der Waals surface area contributed by atoms with E-state index in [0.717, 1.165) is 12.0 Å². The van der Waals surface area contributed by atoms with E-state index >= 15 is 0 Å². The van der Waals surface area contributed by atoms with Crippen LogP contribution in [-0.4, -0.2) is 42.3 Å². The highest BCUT2D eigenvalue weighted by Gasteiger charge is 2.40. The molecule has 2 rings (SSSR count). The van der Waals surface area contributed by atoms with Gasteiger partial charge in [-0.15, -0.1) is 11.8 Å². The fourth-order valence-electron chi connectivity index (χ4n) is 2.47. The third-order valence-electron chi connectivity index (χ3n) is 4.30. The number of carbonyl (C=O) groups excluding carboxylic acids is 1. The molecule has 2 atom stereocenters. The fraction of sp³-hybridized carbons (Fsp3) is 0.588.